The fourth-order valence-electron chi connectivity index (χ4n) is 1.94. The lowest BCUT2D eigenvalue weighted by atomic mass is 10.3. The predicted molar refractivity (Wildman–Crippen MR) is 81.4 cm³/mol. The molecule has 0 bridgehead atoms. The van der Waals surface area contributed by atoms with Crippen LogP contribution < -0.4 is 4.74 Å². The molecule has 0 aliphatic heterocycles. The van der Waals surface area contributed by atoms with Crippen LogP contribution in [0, 0.1) is 0 Å². The minimum absolute atomic E-state index is 0.242. The second-order valence-corrected chi connectivity index (χ2v) is 5.26. The topological polar surface area (TPSA) is 73.1 Å². The molecule has 118 valence electrons. The van der Waals surface area contributed by atoms with Gasteiger partial charge in [0.05, 0.1) is 0 Å². The van der Waals surface area contributed by atoms with Crippen LogP contribution in [-0.4, -0.2) is 51.7 Å². The maximum atomic E-state index is 11.8. The van der Waals surface area contributed by atoms with Crippen molar-refractivity contribution in [1.82, 2.24) is 25.1 Å². The van der Waals surface area contributed by atoms with Gasteiger partial charge in [-0.1, -0.05) is 18.2 Å². The molecular formula is C15H21N5O2. The quantitative estimate of drug-likeness (QED) is 0.538. The molecule has 0 atom stereocenters. The summed E-state index contributed by atoms with van der Waals surface area (Å²) in [6, 6.07) is 9.07. The van der Waals surface area contributed by atoms with E-state index in [2.05, 4.69) is 20.4 Å². The number of esters is 1. The van der Waals surface area contributed by atoms with E-state index in [4.69, 9.17) is 4.74 Å². The first-order valence-electron chi connectivity index (χ1n) is 7.30. The number of benzene rings is 1. The standard InChI is InChI=1S/C15H21N5O2/c1-19(2)12-10-14-16-17-18-20(14)11-6-9-15(21)22-13-7-4-3-5-8-13/h3-5,7-8H,6,9-12H2,1-2H3. The number of hydrogen-bond acceptors (Lipinski definition) is 6. The fourth-order valence-corrected chi connectivity index (χ4v) is 1.94. The molecule has 7 heteroatoms. The summed E-state index contributed by atoms with van der Waals surface area (Å²) < 4.78 is 6.99. The molecule has 22 heavy (non-hydrogen) atoms. The molecule has 7 nitrogen and oxygen atoms in total. The Bertz CT molecular complexity index is 583. The van der Waals surface area contributed by atoms with Crippen LogP contribution in [0.4, 0.5) is 0 Å². The Kier molecular flexibility index (Phi) is 6.02. The number of para-hydroxylation sites is 1. The minimum Gasteiger partial charge on any atom is -0.427 e. The highest BCUT2D eigenvalue weighted by molar-refractivity contribution is 5.72. The van der Waals surface area contributed by atoms with E-state index in [0.29, 0.717) is 25.1 Å². The van der Waals surface area contributed by atoms with Crippen LogP contribution in [0.5, 0.6) is 5.75 Å². The highest BCUT2D eigenvalue weighted by Gasteiger charge is 2.09. The van der Waals surface area contributed by atoms with Gasteiger partial charge in [0.25, 0.3) is 0 Å². The van der Waals surface area contributed by atoms with E-state index in [1.165, 1.54) is 0 Å². The third-order valence-electron chi connectivity index (χ3n) is 3.11. The van der Waals surface area contributed by atoms with Gasteiger partial charge in [-0.3, -0.25) is 4.79 Å². The molecule has 0 unspecified atom stereocenters. The van der Waals surface area contributed by atoms with E-state index < -0.39 is 0 Å². The number of likely N-dealkylation sites (N-methyl/N-ethyl adjacent to an activating group) is 1. The molecule has 0 saturated heterocycles. The van der Waals surface area contributed by atoms with Gasteiger partial charge in [-0.2, -0.15) is 0 Å². The highest BCUT2D eigenvalue weighted by Crippen LogP contribution is 2.10. The van der Waals surface area contributed by atoms with Crippen molar-refractivity contribution < 1.29 is 9.53 Å². The fraction of sp³-hybridized carbons (Fsp3) is 0.467. The Balaban J connectivity index is 1.74. The maximum Gasteiger partial charge on any atom is 0.311 e. The van der Waals surface area contributed by atoms with Crippen molar-refractivity contribution in [2.24, 2.45) is 0 Å². The van der Waals surface area contributed by atoms with E-state index in [9.17, 15) is 4.79 Å². The number of ether oxygens (including phenoxy) is 1. The second-order valence-electron chi connectivity index (χ2n) is 5.26. The number of carbonyl (C=O) groups is 1. The average molecular weight is 303 g/mol. The van der Waals surface area contributed by atoms with Gasteiger partial charge >= 0.3 is 5.97 Å². The van der Waals surface area contributed by atoms with Crippen molar-refractivity contribution >= 4 is 5.97 Å². The zero-order valence-corrected chi connectivity index (χ0v) is 13.0. The SMILES string of the molecule is CN(C)CCc1nnnn1CCCC(=O)Oc1ccccc1. The van der Waals surface area contributed by atoms with E-state index in [1.54, 1.807) is 16.8 Å². The van der Waals surface area contributed by atoms with Gasteiger partial charge in [-0.05, 0) is 43.1 Å². The third-order valence-corrected chi connectivity index (χ3v) is 3.11. The van der Waals surface area contributed by atoms with Crippen molar-refractivity contribution in [2.45, 2.75) is 25.8 Å². The normalized spacial score (nSPS) is 10.9. The van der Waals surface area contributed by atoms with Crippen molar-refractivity contribution in [3.8, 4) is 5.75 Å². The summed E-state index contributed by atoms with van der Waals surface area (Å²) in [4.78, 5) is 13.8. The summed E-state index contributed by atoms with van der Waals surface area (Å²) in [5.74, 6) is 1.17. The number of aromatic nitrogens is 4. The van der Waals surface area contributed by atoms with Crippen LogP contribution in [-0.2, 0) is 17.8 Å². The van der Waals surface area contributed by atoms with Crippen molar-refractivity contribution in [1.29, 1.82) is 0 Å². The molecule has 2 rings (SSSR count). The lowest BCUT2D eigenvalue weighted by Crippen LogP contribution is -2.18. The third kappa shape index (κ3) is 5.25. The minimum atomic E-state index is -0.242. The van der Waals surface area contributed by atoms with Gasteiger partial charge in [-0.25, -0.2) is 4.68 Å². The summed E-state index contributed by atoms with van der Waals surface area (Å²) >= 11 is 0. The summed E-state index contributed by atoms with van der Waals surface area (Å²) in [6.45, 7) is 1.50. The van der Waals surface area contributed by atoms with Crippen LogP contribution in [0.25, 0.3) is 0 Å². The number of tetrazole rings is 1. The first-order valence-corrected chi connectivity index (χ1v) is 7.30. The van der Waals surface area contributed by atoms with Gasteiger partial charge in [0.2, 0.25) is 0 Å². The molecule has 0 amide bonds. The molecular weight excluding hydrogens is 282 g/mol. The zero-order valence-electron chi connectivity index (χ0n) is 13.0. The van der Waals surface area contributed by atoms with Crippen molar-refractivity contribution in [2.75, 3.05) is 20.6 Å². The van der Waals surface area contributed by atoms with Gasteiger partial charge in [0.1, 0.15) is 5.75 Å². The molecule has 0 radical (unpaired) electrons. The highest BCUT2D eigenvalue weighted by atomic mass is 16.5. The van der Waals surface area contributed by atoms with E-state index in [-0.39, 0.29) is 5.97 Å². The lowest BCUT2D eigenvalue weighted by molar-refractivity contribution is -0.134. The number of aryl methyl sites for hydroxylation is 1. The first kappa shape index (κ1) is 16.1. The second kappa shape index (κ2) is 8.23. The molecule has 0 fully saturated rings. The average Bonchev–Trinajstić information content (AvgIpc) is 2.93. The van der Waals surface area contributed by atoms with Crippen molar-refractivity contribution in [3.05, 3.63) is 36.2 Å². The summed E-state index contributed by atoms with van der Waals surface area (Å²) in [6.07, 6.45) is 1.77. The molecule has 1 aromatic carbocycles. The maximum absolute atomic E-state index is 11.8. The van der Waals surface area contributed by atoms with Crippen LogP contribution >= 0.6 is 0 Å². The molecule has 1 aromatic heterocycles. The smallest absolute Gasteiger partial charge is 0.311 e. The zero-order chi connectivity index (χ0) is 15.8. The molecule has 2 aromatic rings. The molecule has 0 aliphatic rings. The molecule has 1 heterocycles. The Morgan fingerprint density at radius 2 is 2.05 bits per heavy atom. The number of carbonyl (C=O) groups excluding carboxylic acids is 1. The summed E-state index contributed by atoms with van der Waals surface area (Å²) in [7, 11) is 4.02. The first-order chi connectivity index (χ1) is 10.6. The van der Waals surface area contributed by atoms with E-state index >= 15 is 0 Å². The molecule has 0 N–H and O–H groups in total. The van der Waals surface area contributed by atoms with Gasteiger partial charge < -0.3 is 9.64 Å². The molecule has 0 spiro atoms. The number of nitrogens with zero attached hydrogens (tertiary/aromatic N) is 5. The Hall–Kier alpha value is -2.28. The predicted octanol–water partition coefficient (Wildman–Crippen LogP) is 1.16. The van der Waals surface area contributed by atoms with Gasteiger partial charge in [-0.15, -0.1) is 5.10 Å². The van der Waals surface area contributed by atoms with Gasteiger partial charge in [0, 0.05) is 25.9 Å². The van der Waals surface area contributed by atoms with Crippen molar-refractivity contribution in [3.63, 3.8) is 0 Å². The van der Waals surface area contributed by atoms with Gasteiger partial charge in [0.15, 0.2) is 5.82 Å². The Morgan fingerprint density at radius 1 is 1.27 bits per heavy atom. The number of rotatable bonds is 8. The largest absolute Gasteiger partial charge is 0.427 e. The molecule has 0 saturated carbocycles. The Morgan fingerprint density at radius 3 is 2.77 bits per heavy atom. The van der Waals surface area contributed by atoms with Crippen LogP contribution in [0.15, 0.2) is 30.3 Å². The van der Waals surface area contributed by atoms with E-state index in [1.807, 2.05) is 32.3 Å². The summed E-state index contributed by atoms with van der Waals surface area (Å²) in [5, 5.41) is 11.7. The van der Waals surface area contributed by atoms with E-state index in [0.717, 1.165) is 18.8 Å². The van der Waals surface area contributed by atoms with Crippen LogP contribution in [0.3, 0.4) is 0 Å². The lowest BCUT2D eigenvalue weighted by Gasteiger charge is -2.09. The van der Waals surface area contributed by atoms with Crippen LogP contribution in [0.2, 0.25) is 0 Å². The Labute approximate surface area is 129 Å². The van der Waals surface area contributed by atoms with Crippen LogP contribution in [0.1, 0.15) is 18.7 Å². The summed E-state index contributed by atoms with van der Waals surface area (Å²) in [5.41, 5.74) is 0. The number of hydrogen-bond donors (Lipinski definition) is 0. The monoisotopic (exact) mass is 303 g/mol. The molecule has 0 aliphatic carbocycles.